The lowest BCUT2D eigenvalue weighted by atomic mass is 10.1. The third-order valence-corrected chi connectivity index (χ3v) is 2.63. The molecule has 2 N–H and O–H groups in total. The summed E-state index contributed by atoms with van der Waals surface area (Å²) in [5.74, 6) is 1.04. The molecule has 6 heteroatoms. The van der Waals surface area contributed by atoms with E-state index in [4.69, 9.17) is 10.3 Å². The van der Waals surface area contributed by atoms with Crippen LogP contribution in [-0.2, 0) is 0 Å². The van der Waals surface area contributed by atoms with Crippen LogP contribution in [0.2, 0.25) is 0 Å². The van der Waals surface area contributed by atoms with Crippen molar-refractivity contribution < 1.29 is 4.52 Å². The summed E-state index contributed by atoms with van der Waals surface area (Å²) in [6.07, 6.45) is 3.04. The van der Waals surface area contributed by atoms with Crippen molar-refractivity contribution >= 4 is 5.82 Å². The Morgan fingerprint density at radius 3 is 2.79 bits per heavy atom. The lowest BCUT2D eigenvalue weighted by molar-refractivity contribution is 0.431. The lowest BCUT2D eigenvalue weighted by Gasteiger charge is -1.96. The van der Waals surface area contributed by atoms with E-state index >= 15 is 0 Å². The highest BCUT2D eigenvalue weighted by Crippen LogP contribution is 2.23. The molecule has 19 heavy (non-hydrogen) atoms. The Morgan fingerprint density at radius 2 is 2.00 bits per heavy atom. The van der Waals surface area contributed by atoms with Crippen LogP contribution in [0.3, 0.4) is 0 Å². The number of benzene rings is 1. The number of aromatic nitrogens is 4. The predicted molar refractivity (Wildman–Crippen MR) is 69.9 cm³/mol. The molecule has 2 heterocycles. The molecule has 0 unspecified atom stereocenters. The van der Waals surface area contributed by atoms with Crippen molar-refractivity contribution in [1.82, 2.24) is 20.1 Å². The van der Waals surface area contributed by atoms with Crippen molar-refractivity contribution in [3.8, 4) is 23.0 Å². The number of hydrogen-bond acceptors (Lipinski definition) is 6. The first-order valence-corrected chi connectivity index (χ1v) is 5.71. The van der Waals surface area contributed by atoms with Gasteiger partial charge in [-0.3, -0.25) is 0 Å². The summed E-state index contributed by atoms with van der Waals surface area (Å²) in [6.45, 7) is 2.01. The Balaban J connectivity index is 2.03. The SMILES string of the molecule is Cc1cccc(-c2noc(-c3nccnc3N)n2)c1. The molecule has 0 saturated heterocycles. The third-order valence-electron chi connectivity index (χ3n) is 2.63. The summed E-state index contributed by atoms with van der Waals surface area (Å²) in [6, 6.07) is 7.85. The summed E-state index contributed by atoms with van der Waals surface area (Å²) in [7, 11) is 0. The van der Waals surface area contributed by atoms with E-state index in [1.165, 1.54) is 12.4 Å². The lowest BCUT2D eigenvalue weighted by Crippen LogP contribution is -1.96. The molecule has 0 aliphatic heterocycles. The van der Waals surface area contributed by atoms with E-state index in [1.807, 2.05) is 31.2 Å². The van der Waals surface area contributed by atoms with Crippen LogP contribution in [0.4, 0.5) is 5.82 Å². The van der Waals surface area contributed by atoms with Crippen molar-refractivity contribution in [2.45, 2.75) is 6.92 Å². The number of aryl methyl sites for hydroxylation is 1. The van der Waals surface area contributed by atoms with E-state index in [-0.39, 0.29) is 11.7 Å². The highest BCUT2D eigenvalue weighted by atomic mass is 16.5. The molecule has 0 aliphatic carbocycles. The van der Waals surface area contributed by atoms with Crippen LogP contribution in [0.25, 0.3) is 23.0 Å². The fourth-order valence-corrected chi connectivity index (χ4v) is 1.73. The van der Waals surface area contributed by atoms with Gasteiger partial charge in [-0.05, 0) is 13.0 Å². The van der Waals surface area contributed by atoms with E-state index in [1.54, 1.807) is 0 Å². The second kappa shape index (κ2) is 4.49. The van der Waals surface area contributed by atoms with Gasteiger partial charge in [0.1, 0.15) is 0 Å². The van der Waals surface area contributed by atoms with Crippen molar-refractivity contribution in [2.75, 3.05) is 5.73 Å². The molecular weight excluding hydrogens is 242 g/mol. The summed E-state index contributed by atoms with van der Waals surface area (Å²) >= 11 is 0. The van der Waals surface area contributed by atoms with Crippen LogP contribution in [0.1, 0.15) is 5.56 Å². The van der Waals surface area contributed by atoms with Gasteiger partial charge in [0.05, 0.1) is 0 Å². The second-order valence-electron chi connectivity index (χ2n) is 4.08. The number of hydrogen-bond donors (Lipinski definition) is 1. The van der Waals surface area contributed by atoms with Crippen molar-refractivity contribution in [3.05, 3.63) is 42.2 Å². The predicted octanol–water partition coefficient (Wildman–Crippen LogP) is 2.08. The molecular formula is C13H11N5O. The van der Waals surface area contributed by atoms with Crippen LogP contribution < -0.4 is 5.73 Å². The monoisotopic (exact) mass is 253 g/mol. The zero-order valence-corrected chi connectivity index (χ0v) is 10.2. The van der Waals surface area contributed by atoms with Gasteiger partial charge >= 0.3 is 0 Å². The second-order valence-corrected chi connectivity index (χ2v) is 4.08. The molecule has 3 rings (SSSR count). The van der Waals surface area contributed by atoms with Crippen LogP contribution in [0, 0.1) is 6.92 Å². The zero-order valence-electron chi connectivity index (χ0n) is 10.2. The largest absolute Gasteiger partial charge is 0.382 e. The minimum Gasteiger partial charge on any atom is -0.382 e. The first kappa shape index (κ1) is 11.3. The first-order chi connectivity index (χ1) is 9.24. The molecule has 6 nitrogen and oxygen atoms in total. The van der Waals surface area contributed by atoms with Crippen molar-refractivity contribution in [2.24, 2.45) is 0 Å². The Kier molecular flexibility index (Phi) is 2.68. The minimum absolute atomic E-state index is 0.266. The van der Waals surface area contributed by atoms with Gasteiger partial charge in [-0.25, -0.2) is 9.97 Å². The Bertz CT molecular complexity index is 722. The Morgan fingerprint density at radius 1 is 1.16 bits per heavy atom. The van der Waals surface area contributed by atoms with E-state index in [0.29, 0.717) is 11.5 Å². The summed E-state index contributed by atoms with van der Waals surface area (Å²) in [4.78, 5) is 12.3. The third kappa shape index (κ3) is 2.15. The highest BCUT2D eigenvalue weighted by molar-refractivity contribution is 5.64. The molecule has 0 spiro atoms. The number of anilines is 1. The Hall–Kier alpha value is -2.76. The maximum Gasteiger partial charge on any atom is 0.280 e. The topological polar surface area (TPSA) is 90.7 Å². The normalized spacial score (nSPS) is 10.6. The van der Waals surface area contributed by atoms with Gasteiger partial charge in [0.15, 0.2) is 11.5 Å². The molecule has 0 bridgehead atoms. The van der Waals surface area contributed by atoms with E-state index in [0.717, 1.165) is 11.1 Å². The van der Waals surface area contributed by atoms with Gasteiger partial charge < -0.3 is 10.3 Å². The van der Waals surface area contributed by atoms with Crippen LogP contribution in [0.15, 0.2) is 41.2 Å². The summed E-state index contributed by atoms with van der Waals surface area (Å²) in [5, 5.41) is 3.94. The number of rotatable bonds is 2. The molecule has 0 atom stereocenters. The van der Waals surface area contributed by atoms with Gasteiger partial charge in [-0.15, -0.1) is 0 Å². The molecule has 0 aliphatic rings. The molecule has 2 aromatic heterocycles. The van der Waals surface area contributed by atoms with Crippen LogP contribution in [-0.4, -0.2) is 20.1 Å². The van der Waals surface area contributed by atoms with Gasteiger partial charge in [-0.1, -0.05) is 28.9 Å². The number of nitrogens with two attached hydrogens (primary N) is 1. The molecule has 3 aromatic rings. The minimum atomic E-state index is 0.266. The van der Waals surface area contributed by atoms with E-state index in [9.17, 15) is 0 Å². The first-order valence-electron chi connectivity index (χ1n) is 5.71. The molecule has 0 amide bonds. The fourth-order valence-electron chi connectivity index (χ4n) is 1.73. The van der Waals surface area contributed by atoms with Gasteiger partial charge in [0.2, 0.25) is 5.82 Å². The smallest absolute Gasteiger partial charge is 0.280 e. The van der Waals surface area contributed by atoms with Crippen LogP contribution in [0.5, 0.6) is 0 Å². The van der Waals surface area contributed by atoms with Gasteiger partial charge in [-0.2, -0.15) is 4.98 Å². The summed E-state index contributed by atoms with van der Waals surface area (Å²) < 4.78 is 5.18. The Labute approximate surface area is 109 Å². The average Bonchev–Trinajstić information content (AvgIpc) is 2.89. The van der Waals surface area contributed by atoms with E-state index < -0.39 is 0 Å². The van der Waals surface area contributed by atoms with Crippen molar-refractivity contribution in [3.63, 3.8) is 0 Å². The molecule has 0 radical (unpaired) electrons. The van der Waals surface area contributed by atoms with Crippen LogP contribution >= 0.6 is 0 Å². The van der Waals surface area contributed by atoms with Crippen molar-refractivity contribution in [1.29, 1.82) is 0 Å². The maximum absolute atomic E-state index is 5.72. The maximum atomic E-state index is 5.72. The van der Waals surface area contributed by atoms with Gasteiger partial charge in [0.25, 0.3) is 5.89 Å². The fraction of sp³-hybridized carbons (Fsp3) is 0.0769. The summed E-state index contributed by atoms with van der Waals surface area (Å²) in [5.41, 5.74) is 8.13. The van der Waals surface area contributed by atoms with E-state index in [2.05, 4.69) is 20.1 Å². The van der Waals surface area contributed by atoms with Gasteiger partial charge in [0, 0.05) is 18.0 Å². The number of nitrogens with zero attached hydrogens (tertiary/aromatic N) is 4. The average molecular weight is 253 g/mol. The standard InChI is InChI=1S/C13H11N5O/c1-8-3-2-4-9(7-8)12-17-13(19-18-12)10-11(14)16-6-5-15-10/h2-7H,1H3,(H2,14,16). The highest BCUT2D eigenvalue weighted by Gasteiger charge is 2.14. The molecule has 0 saturated carbocycles. The quantitative estimate of drug-likeness (QED) is 0.751. The number of nitrogen functional groups attached to an aromatic ring is 1. The zero-order chi connectivity index (χ0) is 13.2. The molecule has 0 fully saturated rings. The molecule has 94 valence electrons. The molecule has 1 aromatic carbocycles.